The quantitative estimate of drug-likeness (QED) is 0.499. The van der Waals surface area contributed by atoms with E-state index >= 15 is 0 Å². The summed E-state index contributed by atoms with van der Waals surface area (Å²) in [6.45, 7) is 1.61. The first-order valence-corrected chi connectivity index (χ1v) is 5.16. The number of aliphatic hydroxyl groups is 2. The zero-order valence-electron chi connectivity index (χ0n) is 8.43. The minimum absolute atomic E-state index is 0.0624. The maximum Gasteiger partial charge on any atom is 0.317 e. The van der Waals surface area contributed by atoms with Crippen LogP contribution in [0.5, 0.6) is 0 Å². The van der Waals surface area contributed by atoms with Gasteiger partial charge in [0, 0.05) is 6.61 Å². The van der Waals surface area contributed by atoms with Crippen LogP contribution in [0.4, 0.5) is 4.79 Å². The molecule has 0 aromatic carbocycles. The van der Waals surface area contributed by atoms with Crippen molar-refractivity contribution in [1.82, 2.24) is 10.2 Å². The Morgan fingerprint density at radius 1 is 1.33 bits per heavy atom. The summed E-state index contributed by atoms with van der Waals surface area (Å²) in [6.07, 6.45) is -0.823. The van der Waals surface area contributed by atoms with Crippen LogP contribution < -0.4 is 5.32 Å². The molecule has 0 aromatic heterocycles. The molecule has 3 N–H and O–H groups in total. The van der Waals surface area contributed by atoms with Gasteiger partial charge in [0.05, 0.1) is 37.9 Å². The molecule has 3 unspecified atom stereocenters. The molecular formula is C9H16N2O4. The minimum Gasteiger partial charge on any atom is -0.388 e. The van der Waals surface area contributed by atoms with Crippen LogP contribution in [-0.2, 0) is 4.74 Å². The van der Waals surface area contributed by atoms with E-state index in [0.717, 1.165) is 6.42 Å². The smallest absolute Gasteiger partial charge is 0.317 e. The summed E-state index contributed by atoms with van der Waals surface area (Å²) in [5, 5.41) is 21.4. The van der Waals surface area contributed by atoms with Crippen LogP contribution >= 0.6 is 0 Å². The lowest BCUT2D eigenvalue weighted by Gasteiger charge is -2.19. The fraction of sp³-hybridized carbons (Fsp3) is 0.889. The van der Waals surface area contributed by atoms with Gasteiger partial charge in [0.25, 0.3) is 0 Å². The Balaban J connectivity index is 1.81. The molecule has 2 aliphatic rings. The third-order valence-corrected chi connectivity index (χ3v) is 2.80. The van der Waals surface area contributed by atoms with Crippen LogP contribution in [0.15, 0.2) is 0 Å². The van der Waals surface area contributed by atoms with E-state index in [0.29, 0.717) is 13.2 Å². The molecule has 3 atom stereocenters. The van der Waals surface area contributed by atoms with E-state index < -0.39 is 12.2 Å². The fourth-order valence-electron chi connectivity index (χ4n) is 1.85. The van der Waals surface area contributed by atoms with Gasteiger partial charge in [-0.05, 0) is 6.42 Å². The molecule has 6 heteroatoms. The van der Waals surface area contributed by atoms with Crippen LogP contribution in [-0.4, -0.2) is 65.7 Å². The Hall–Kier alpha value is -0.850. The van der Waals surface area contributed by atoms with E-state index in [4.69, 9.17) is 4.74 Å². The first-order chi connectivity index (χ1) is 7.16. The Morgan fingerprint density at radius 3 is 2.53 bits per heavy atom. The molecule has 0 radical (unpaired) electrons. The summed E-state index contributed by atoms with van der Waals surface area (Å²) < 4.78 is 5.13. The maximum atomic E-state index is 11.6. The van der Waals surface area contributed by atoms with Crippen molar-refractivity contribution in [3.63, 3.8) is 0 Å². The van der Waals surface area contributed by atoms with Gasteiger partial charge < -0.3 is 25.2 Å². The highest BCUT2D eigenvalue weighted by Gasteiger charge is 2.33. The summed E-state index contributed by atoms with van der Waals surface area (Å²) in [5.41, 5.74) is 0. The standard InChI is InChI=1S/C9H16N2O4/c12-7-3-11(4-8(7)13)9(14)10-6-1-2-15-5-6/h6-8,12-13H,1-5H2,(H,10,14). The second-order valence-corrected chi connectivity index (χ2v) is 4.05. The summed E-state index contributed by atoms with van der Waals surface area (Å²) in [6, 6.07) is -0.173. The number of carbonyl (C=O) groups is 1. The van der Waals surface area contributed by atoms with Crippen molar-refractivity contribution < 1.29 is 19.7 Å². The number of rotatable bonds is 1. The van der Waals surface area contributed by atoms with Crippen molar-refractivity contribution in [3.05, 3.63) is 0 Å². The van der Waals surface area contributed by atoms with Crippen LogP contribution in [0.3, 0.4) is 0 Å². The fourth-order valence-corrected chi connectivity index (χ4v) is 1.85. The van der Waals surface area contributed by atoms with E-state index in [1.807, 2.05) is 0 Å². The molecule has 86 valence electrons. The van der Waals surface area contributed by atoms with E-state index in [2.05, 4.69) is 5.32 Å². The Bertz CT molecular complexity index is 232. The van der Waals surface area contributed by atoms with E-state index in [1.54, 1.807) is 0 Å². The predicted molar refractivity (Wildman–Crippen MR) is 51.3 cm³/mol. The Kier molecular flexibility index (Phi) is 3.08. The second kappa shape index (κ2) is 4.34. The average Bonchev–Trinajstić information content (AvgIpc) is 2.78. The third kappa shape index (κ3) is 2.39. The second-order valence-electron chi connectivity index (χ2n) is 4.05. The molecule has 6 nitrogen and oxygen atoms in total. The molecule has 2 heterocycles. The summed E-state index contributed by atoms with van der Waals surface area (Å²) in [5.74, 6) is 0. The molecular weight excluding hydrogens is 200 g/mol. The van der Waals surface area contributed by atoms with Gasteiger partial charge in [0.2, 0.25) is 0 Å². The highest BCUT2D eigenvalue weighted by atomic mass is 16.5. The molecule has 0 aromatic rings. The van der Waals surface area contributed by atoms with Gasteiger partial charge >= 0.3 is 6.03 Å². The van der Waals surface area contributed by atoms with Gasteiger partial charge in [-0.3, -0.25) is 0 Å². The summed E-state index contributed by atoms with van der Waals surface area (Å²) in [4.78, 5) is 13.1. The largest absolute Gasteiger partial charge is 0.388 e. The number of ether oxygens (including phenoxy) is 1. The monoisotopic (exact) mass is 216 g/mol. The predicted octanol–water partition coefficient (Wildman–Crippen LogP) is -1.48. The molecule has 0 aliphatic carbocycles. The van der Waals surface area contributed by atoms with Crippen LogP contribution in [0.25, 0.3) is 0 Å². The number of carbonyl (C=O) groups excluding carboxylic acids is 1. The number of β-amino-alcohol motifs (C(OH)–C–C–N with tert-alkyl or cyclic N) is 2. The van der Waals surface area contributed by atoms with Crippen molar-refractivity contribution in [2.24, 2.45) is 0 Å². The van der Waals surface area contributed by atoms with Crippen molar-refractivity contribution in [1.29, 1.82) is 0 Å². The number of urea groups is 1. The first-order valence-electron chi connectivity index (χ1n) is 5.16. The van der Waals surface area contributed by atoms with E-state index in [1.165, 1.54) is 4.90 Å². The van der Waals surface area contributed by atoms with Gasteiger partial charge in [0.15, 0.2) is 0 Å². The number of likely N-dealkylation sites (tertiary alicyclic amines) is 1. The molecule has 15 heavy (non-hydrogen) atoms. The van der Waals surface area contributed by atoms with Gasteiger partial charge in [-0.15, -0.1) is 0 Å². The number of nitrogens with one attached hydrogen (secondary N) is 1. The van der Waals surface area contributed by atoms with Crippen molar-refractivity contribution in [2.45, 2.75) is 24.7 Å². The highest BCUT2D eigenvalue weighted by molar-refractivity contribution is 5.75. The topological polar surface area (TPSA) is 82.0 Å². The first kappa shape index (κ1) is 10.7. The molecule has 2 fully saturated rings. The lowest BCUT2D eigenvalue weighted by atomic mass is 10.3. The zero-order chi connectivity index (χ0) is 10.8. The normalized spacial score (nSPS) is 35.9. The van der Waals surface area contributed by atoms with E-state index in [9.17, 15) is 15.0 Å². The van der Waals surface area contributed by atoms with Crippen LogP contribution in [0, 0.1) is 0 Å². The number of nitrogens with zero attached hydrogens (tertiary/aromatic N) is 1. The van der Waals surface area contributed by atoms with Crippen LogP contribution in [0.1, 0.15) is 6.42 Å². The molecule has 0 saturated carbocycles. The maximum absolute atomic E-state index is 11.6. The van der Waals surface area contributed by atoms with Gasteiger partial charge in [-0.25, -0.2) is 4.79 Å². The molecule has 2 saturated heterocycles. The summed E-state index contributed by atoms with van der Waals surface area (Å²) >= 11 is 0. The van der Waals surface area contributed by atoms with E-state index in [-0.39, 0.29) is 25.2 Å². The average molecular weight is 216 g/mol. The van der Waals surface area contributed by atoms with Crippen molar-refractivity contribution in [2.75, 3.05) is 26.3 Å². The number of amides is 2. The molecule has 2 amide bonds. The number of hydrogen-bond acceptors (Lipinski definition) is 4. The molecule has 0 spiro atoms. The van der Waals surface area contributed by atoms with Crippen LogP contribution in [0.2, 0.25) is 0 Å². The number of aliphatic hydroxyl groups excluding tert-OH is 2. The minimum atomic E-state index is -0.824. The molecule has 2 aliphatic heterocycles. The van der Waals surface area contributed by atoms with Gasteiger partial charge in [-0.1, -0.05) is 0 Å². The molecule has 2 rings (SSSR count). The van der Waals surface area contributed by atoms with Crippen molar-refractivity contribution >= 4 is 6.03 Å². The van der Waals surface area contributed by atoms with Gasteiger partial charge in [-0.2, -0.15) is 0 Å². The highest BCUT2D eigenvalue weighted by Crippen LogP contribution is 2.11. The summed E-state index contributed by atoms with van der Waals surface area (Å²) in [7, 11) is 0. The molecule has 0 bridgehead atoms. The Labute approximate surface area is 87.8 Å². The van der Waals surface area contributed by atoms with Gasteiger partial charge in [0.1, 0.15) is 0 Å². The lowest BCUT2D eigenvalue weighted by Crippen LogP contribution is -2.44. The zero-order valence-corrected chi connectivity index (χ0v) is 8.43. The number of hydrogen-bond donors (Lipinski definition) is 3. The Morgan fingerprint density at radius 2 is 2.00 bits per heavy atom. The third-order valence-electron chi connectivity index (χ3n) is 2.80. The SMILES string of the molecule is O=C(NC1CCOC1)N1CC(O)C(O)C1. The lowest BCUT2D eigenvalue weighted by molar-refractivity contribution is 0.0572. The van der Waals surface area contributed by atoms with Crippen molar-refractivity contribution in [3.8, 4) is 0 Å².